The van der Waals surface area contributed by atoms with E-state index in [1.165, 1.54) is 17.7 Å². The number of carbonyl (C=O) groups excluding carboxylic acids is 1. The first-order valence-corrected chi connectivity index (χ1v) is 6.72. The monoisotopic (exact) mass is 267 g/mol. The summed E-state index contributed by atoms with van der Waals surface area (Å²) in [7, 11) is 0. The summed E-state index contributed by atoms with van der Waals surface area (Å²) in [4.78, 5) is 28.5. The van der Waals surface area contributed by atoms with Crippen molar-refractivity contribution in [3.8, 4) is 0 Å². The molecular formula is C13H21N3O3. The summed E-state index contributed by atoms with van der Waals surface area (Å²) >= 11 is 0. The number of piperazine rings is 1. The highest BCUT2D eigenvalue weighted by atomic mass is 16.4. The van der Waals surface area contributed by atoms with Crippen molar-refractivity contribution in [1.82, 2.24) is 14.7 Å². The molecule has 0 atom stereocenters. The van der Waals surface area contributed by atoms with E-state index in [2.05, 4.69) is 11.5 Å². The number of rotatable bonds is 5. The van der Waals surface area contributed by atoms with Gasteiger partial charge in [0.05, 0.1) is 0 Å². The predicted molar refractivity (Wildman–Crippen MR) is 71.0 cm³/mol. The summed E-state index contributed by atoms with van der Waals surface area (Å²) < 4.78 is 0. The van der Waals surface area contributed by atoms with E-state index in [1.807, 2.05) is 0 Å². The lowest BCUT2D eigenvalue weighted by Gasteiger charge is -2.37. The Morgan fingerprint density at radius 1 is 1.26 bits per heavy atom. The van der Waals surface area contributed by atoms with Crippen LogP contribution in [0.1, 0.15) is 12.8 Å². The van der Waals surface area contributed by atoms with E-state index >= 15 is 0 Å². The summed E-state index contributed by atoms with van der Waals surface area (Å²) in [6.45, 7) is 6.72. The summed E-state index contributed by atoms with van der Waals surface area (Å²) in [5.74, 6) is -0.994. The minimum atomic E-state index is -0.994. The molecule has 1 saturated heterocycles. The van der Waals surface area contributed by atoms with Crippen LogP contribution in [0.15, 0.2) is 12.7 Å². The minimum absolute atomic E-state index is 0.197. The fourth-order valence-electron chi connectivity index (χ4n) is 2.45. The lowest BCUT2D eigenvalue weighted by atomic mass is 10.3. The highest BCUT2D eigenvalue weighted by molar-refractivity contribution is 5.80. The molecule has 0 spiro atoms. The first-order valence-electron chi connectivity index (χ1n) is 6.72. The van der Waals surface area contributed by atoms with Crippen molar-refractivity contribution in [2.24, 2.45) is 0 Å². The molecule has 2 amide bonds. The number of hydrogen-bond acceptors (Lipinski definition) is 3. The van der Waals surface area contributed by atoms with Crippen molar-refractivity contribution in [3.05, 3.63) is 12.7 Å². The third kappa shape index (κ3) is 3.70. The maximum atomic E-state index is 12.2. The van der Waals surface area contributed by atoms with Crippen LogP contribution in [0.5, 0.6) is 0 Å². The van der Waals surface area contributed by atoms with E-state index in [1.54, 1.807) is 11.0 Å². The Morgan fingerprint density at radius 2 is 1.89 bits per heavy atom. The van der Waals surface area contributed by atoms with E-state index in [-0.39, 0.29) is 19.1 Å². The van der Waals surface area contributed by atoms with Gasteiger partial charge in [-0.2, -0.15) is 0 Å². The summed E-state index contributed by atoms with van der Waals surface area (Å²) in [6.07, 6.45) is 4.10. The minimum Gasteiger partial charge on any atom is -0.480 e. The third-order valence-corrected chi connectivity index (χ3v) is 3.59. The van der Waals surface area contributed by atoms with Gasteiger partial charge in [0.2, 0.25) is 0 Å². The lowest BCUT2D eigenvalue weighted by molar-refractivity contribution is -0.137. The third-order valence-electron chi connectivity index (χ3n) is 3.59. The number of urea groups is 1. The Bertz CT molecular complexity index is 360. The summed E-state index contributed by atoms with van der Waals surface area (Å²) in [6, 6.07) is 0.526. The van der Waals surface area contributed by atoms with Crippen molar-refractivity contribution >= 4 is 12.0 Å². The summed E-state index contributed by atoms with van der Waals surface area (Å²) in [5, 5.41) is 8.83. The number of nitrogens with zero attached hydrogens (tertiary/aromatic N) is 3. The van der Waals surface area contributed by atoms with E-state index in [9.17, 15) is 9.59 Å². The van der Waals surface area contributed by atoms with Gasteiger partial charge < -0.3 is 14.9 Å². The Balaban J connectivity index is 1.86. The van der Waals surface area contributed by atoms with Crippen molar-refractivity contribution < 1.29 is 14.7 Å². The van der Waals surface area contributed by atoms with Crippen LogP contribution in [-0.2, 0) is 4.79 Å². The molecule has 0 aromatic heterocycles. The first kappa shape index (κ1) is 13.9. The smallest absolute Gasteiger partial charge is 0.323 e. The Labute approximate surface area is 113 Å². The second-order valence-electron chi connectivity index (χ2n) is 5.10. The Kier molecular flexibility index (Phi) is 4.42. The highest BCUT2D eigenvalue weighted by Gasteiger charge is 2.33. The second kappa shape index (κ2) is 6.06. The lowest BCUT2D eigenvalue weighted by Crippen LogP contribution is -2.54. The van der Waals surface area contributed by atoms with Gasteiger partial charge in [-0.1, -0.05) is 6.08 Å². The van der Waals surface area contributed by atoms with Gasteiger partial charge in [-0.3, -0.25) is 9.69 Å². The number of aliphatic carboxylic acids is 1. The molecule has 0 aromatic carbocycles. The largest absolute Gasteiger partial charge is 0.480 e. The van der Waals surface area contributed by atoms with Crippen LogP contribution in [0.3, 0.4) is 0 Å². The second-order valence-corrected chi connectivity index (χ2v) is 5.10. The predicted octanol–water partition coefficient (Wildman–Crippen LogP) is 0.459. The van der Waals surface area contributed by atoms with Crippen LogP contribution in [0.4, 0.5) is 4.79 Å². The molecule has 2 rings (SSSR count). The number of carboxylic acid groups (broad SMARTS) is 1. The van der Waals surface area contributed by atoms with E-state index in [0.29, 0.717) is 13.1 Å². The standard InChI is InChI=1S/C13H21N3O3/c1-2-5-16(10-12(17)18)13(19)15-8-6-14(7-9-15)11-3-4-11/h2,11H,1,3-10H2,(H,17,18). The number of carbonyl (C=O) groups is 2. The zero-order valence-electron chi connectivity index (χ0n) is 11.1. The van der Waals surface area contributed by atoms with E-state index < -0.39 is 5.97 Å². The molecule has 106 valence electrons. The Morgan fingerprint density at radius 3 is 2.37 bits per heavy atom. The number of amides is 2. The zero-order valence-corrected chi connectivity index (χ0v) is 11.1. The van der Waals surface area contributed by atoms with Crippen LogP contribution >= 0.6 is 0 Å². The number of hydrogen-bond donors (Lipinski definition) is 1. The molecular weight excluding hydrogens is 246 g/mol. The molecule has 0 radical (unpaired) electrons. The molecule has 1 N–H and O–H groups in total. The fraction of sp³-hybridized carbons (Fsp3) is 0.692. The van der Waals surface area contributed by atoms with Crippen molar-refractivity contribution in [1.29, 1.82) is 0 Å². The van der Waals surface area contributed by atoms with Gasteiger partial charge >= 0.3 is 12.0 Å². The molecule has 1 aliphatic carbocycles. The van der Waals surface area contributed by atoms with Gasteiger partial charge in [0.1, 0.15) is 6.54 Å². The van der Waals surface area contributed by atoms with E-state index in [4.69, 9.17) is 5.11 Å². The van der Waals surface area contributed by atoms with Gasteiger partial charge in [0.15, 0.2) is 0 Å². The molecule has 19 heavy (non-hydrogen) atoms. The van der Waals surface area contributed by atoms with Gasteiger partial charge in [0.25, 0.3) is 0 Å². The molecule has 2 aliphatic rings. The molecule has 2 fully saturated rings. The molecule has 6 heteroatoms. The van der Waals surface area contributed by atoms with Crippen molar-refractivity contribution in [2.45, 2.75) is 18.9 Å². The van der Waals surface area contributed by atoms with Crippen LogP contribution in [0.25, 0.3) is 0 Å². The molecule has 0 bridgehead atoms. The summed E-state index contributed by atoms with van der Waals surface area (Å²) in [5.41, 5.74) is 0. The fourth-order valence-corrected chi connectivity index (χ4v) is 2.45. The molecule has 1 heterocycles. The van der Waals surface area contributed by atoms with Crippen LogP contribution in [-0.4, -0.2) is 77.1 Å². The normalized spacial score (nSPS) is 20.1. The quantitative estimate of drug-likeness (QED) is 0.735. The topological polar surface area (TPSA) is 64.1 Å². The van der Waals surface area contributed by atoms with E-state index in [0.717, 1.165) is 19.1 Å². The van der Waals surface area contributed by atoms with Gasteiger partial charge in [-0.25, -0.2) is 4.79 Å². The number of carboxylic acids is 1. The molecule has 6 nitrogen and oxygen atoms in total. The first-order chi connectivity index (χ1) is 9.11. The molecule has 1 saturated carbocycles. The van der Waals surface area contributed by atoms with Gasteiger partial charge in [0, 0.05) is 38.8 Å². The van der Waals surface area contributed by atoms with Crippen LogP contribution in [0.2, 0.25) is 0 Å². The molecule has 0 unspecified atom stereocenters. The average molecular weight is 267 g/mol. The van der Waals surface area contributed by atoms with Crippen LogP contribution < -0.4 is 0 Å². The highest BCUT2D eigenvalue weighted by Crippen LogP contribution is 2.27. The molecule has 0 aromatic rings. The van der Waals surface area contributed by atoms with Crippen LogP contribution in [0, 0.1) is 0 Å². The maximum absolute atomic E-state index is 12.2. The van der Waals surface area contributed by atoms with Crippen molar-refractivity contribution in [3.63, 3.8) is 0 Å². The molecule has 1 aliphatic heterocycles. The maximum Gasteiger partial charge on any atom is 0.323 e. The van der Waals surface area contributed by atoms with Gasteiger partial charge in [-0.15, -0.1) is 6.58 Å². The SMILES string of the molecule is C=CCN(CC(=O)O)C(=O)N1CCN(C2CC2)CC1. The zero-order chi connectivity index (χ0) is 13.8. The van der Waals surface area contributed by atoms with Gasteiger partial charge in [-0.05, 0) is 12.8 Å². The Hall–Kier alpha value is -1.56. The van der Waals surface area contributed by atoms with Crippen molar-refractivity contribution in [2.75, 3.05) is 39.3 Å². The average Bonchev–Trinajstić information content (AvgIpc) is 3.21.